The Bertz CT molecular complexity index is 1440. The summed E-state index contributed by atoms with van der Waals surface area (Å²) in [6.45, 7) is 3.53. The topological polar surface area (TPSA) is 76.9 Å². The van der Waals surface area contributed by atoms with E-state index < -0.39 is 32.7 Å². The highest BCUT2D eigenvalue weighted by atomic mass is 32.2. The molecular weight excluding hydrogens is 509 g/mol. The van der Waals surface area contributed by atoms with Crippen LogP contribution in [-0.4, -0.2) is 23.2 Å². The molecule has 11 heteroatoms. The van der Waals surface area contributed by atoms with Crippen molar-refractivity contribution in [1.29, 1.82) is 0 Å². The number of hydrogen-bond acceptors (Lipinski definition) is 5. The van der Waals surface area contributed by atoms with Gasteiger partial charge in [-0.25, -0.2) is 13.1 Å². The van der Waals surface area contributed by atoms with E-state index in [1.54, 1.807) is 11.5 Å². The van der Waals surface area contributed by atoms with Crippen LogP contribution in [0.4, 0.5) is 13.2 Å². The first-order valence-electron chi connectivity index (χ1n) is 10.9. The zero-order valence-electron chi connectivity index (χ0n) is 19.4. The third kappa shape index (κ3) is 5.97. The van der Waals surface area contributed by atoms with E-state index in [0.29, 0.717) is 22.8 Å². The van der Waals surface area contributed by atoms with Crippen molar-refractivity contribution in [1.82, 2.24) is 19.5 Å². The van der Waals surface area contributed by atoms with Crippen molar-refractivity contribution in [3.8, 4) is 5.69 Å². The van der Waals surface area contributed by atoms with Gasteiger partial charge in [-0.2, -0.15) is 13.2 Å². The van der Waals surface area contributed by atoms with E-state index in [-0.39, 0.29) is 0 Å². The van der Waals surface area contributed by atoms with E-state index in [9.17, 15) is 21.6 Å². The predicted molar refractivity (Wildman–Crippen MR) is 132 cm³/mol. The van der Waals surface area contributed by atoms with Gasteiger partial charge in [0.1, 0.15) is 0 Å². The van der Waals surface area contributed by atoms with Gasteiger partial charge in [-0.3, -0.25) is 4.57 Å². The number of sulfonamides is 1. The maximum absolute atomic E-state index is 13.1. The normalized spacial score (nSPS) is 13.0. The Morgan fingerprint density at radius 2 is 1.67 bits per heavy atom. The number of alkyl halides is 3. The number of halogens is 3. The zero-order chi connectivity index (χ0) is 25.9. The monoisotopic (exact) mass is 532 g/mol. The molecule has 36 heavy (non-hydrogen) atoms. The Labute approximate surface area is 211 Å². The standard InChI is InChI=1S/C25H23F3N4O2S2/c1-17-11-13-21(14-12-17)32-23(29-30-24(32)35-16-19-7-4-3-5-8-19)18(2)31-36(33,34)22-10-6-9-20(15-22)25(26,27)28/h3-15,18,31H,16H2,1-2H3. The van der Waals surface area contributed by atoms with Gasteiger partial charge in [0.15, 0.2) is 11.0 Å². The van der Waals surface area contributed by atoms with Gasteiger partial charge in [-0.1, -0.05) is 65.9 Å². The molecule has 1 N–H and O–H groups in total. The first-order chi connectivity index (χ1) is 17.0. The number of aromatic nitrogens is 3. The van der Waals surface area contributed by atoms with Crippen molar-refractivity contribution < 1.29 is 21.6 Å². The second-order valence-corrected chi connectivity index (χ2v) is 10.8. The minimum Gasteiger partial charge on any atom is -0.273 e. The number of rotatable bonds is 8. The molecule has 0 aliphatic rings. The quantitative estimate of drug-likeness (QED) is 0.285. The summed E-state index contributed by atoms with van der Waals surface area (Å²) in [4.78, 5) is -0.482. The summed E-state index contributed by atoms with van der Waals surface area (Å²) >= 11 is 1.44. The smallest absolute Gasteiger partial charge is 0.273 e. The molecule has 4 rings (SSSR count). The Morgan fingerprint density at radius 1 is 0.972 bits per heavy atom. The van der Waals surface area contributed by atoms with Crippen LogP contribution in [0.2, 0.25) is 0 Å². The Hall–Kier alpha value is -3.15. The molecule has 188 valence electrons. The van der Waals surface area contributed by atoms with Crippen molar-refractivity contribution >= 4 is 21.8 Å². The second kappa shape index (κ2) is 10.5. The fraction of sp³-hybridized carbons (Fsp3) is 0.200. The average molecular weight is 533 g/mol. The highest BCUT2D eigenvalue weighted by Crippen LogP contribution is 2.31. The zero-order valence-corrected chi connectivity index (χ0v) is 21.0. The molecule has 0 saturated heterocycles. The first-order valence-corrected chi connectivity index (χ1v) is 13.4. The third-order valence-electron chi connectivity index (χ3n) is 5.35. The molecule has 0 saturated carbocycles. The highest BCUT2D eigenvalue weighted by Gasteiger charge is 2.32. The van der Waals surface area contributed by atoms with E-state index in [1.807, 2.05) is 61.5 Å². The van der Waals surface area contributed by atoms with E-state index >= 15 is 0 Å². The summed E-state index contributed by atoms with van der Waals surface area (Å²) in [5.74, 6) is 0.930. The van der Waals surface area contributed by atoms with Crippen LogP contribution in [0.25, 0.3) is 5.69 Å². The molecular formula is C25H23F3N4O2S2. The molecule has 0 aliphatic carbocycles. The summed E-state index contributed by atoms with van der Waals surface area (Å²) in [5.41, 5.74) is 1.83. The molecule has 0 radical (unpaired) electrons. The molecule has 0 fully saturated rings. The third-order valence-corrected chi connectivity index (χ3v) is 7.89. The van der Waals surface area contributed by atoms with Crippen LogP contribution >= 0.6 is 11.8 Å². The van der Waals surface area contributed by atoms with Gasteiger partial charge in [0.2, 0.25) is 10.0 Å². The van der Waals surface area contributed by atoms with Crippen LogP contribution in [0.3, 0.4) is 0 Å². The van der Waals surface area contributed by atoms with Crippen LogP contribution in [0.5, 0.6) is 0 Å². The number of nitrogens with zero attached hydrogens (tertiary/aromatic N) is 3. The fourth-order valence-electron chi connectivity index (χ4n) is 3.51. The van der Waals surface area contributed by atoms with E-state index in [4.69, 9.17) is 0 Å². The van der Waals surface area contributed by atoms with Gasteiger partial charge in [-0.05, 0) is 49.7 Å². The van der Waals surface area contributed by atoms with Crippen molar-refractivity contribution in [2.45, 2.75) is 41.9 Å². The van der Waals surface area contributed by atoms with Crippen LogP contribution in [-0.2, 0) is 22.0 Å². The minimum atomic E-state index is -4.66. The van der Waals surface area contributed by atoms with E-state index in [1.165, 1.54) is 11.8 Å². The van der Waals surface area contributed by atoms with Gasteiger partial charge in [0, 0.05) is 11.4 Å². The van der Waals surface area contributed by atoms with Crippen molar-refractivity contribution in [2.24, 2.45) is 0 Å². The summed E-state index contributed by atoms with van der Waals surface area (Å²) in [6.07, 6.45) is -4.66. The molecule has 6 nitrogen and oxygen atoms in total. The number of aryl methyl sites for hydroxylation is 1. The largest absolute Gasteiger partial charge is 0.416 e. The first kappa shape index (κ1) is 25.9. The minimum absolute atomic E-state index is 0.310. The molecule has 0 bridgehead atoms. The molecule has 1 atom stereocenters. The van der Waals surface area contributed by atoms with E-state index in [2.05, 4.69) is 14.9 Å². The molecule has 4 aromatic rings. The molecule has 1 aromatic heterocycles. The van der Waals surface area contributed by atoms with Crippen molar-refractivity contribution in [3.63, 3.8) is 0 Å². The summed E-state index contributed by atoms with van der Waals surface area (Å²) in [6, 6.07) is 20.1. The lowest BCUT2D eigenvalue weighted by atomic mass is 10.2. The summed E-state index contributed by atoms with van der Waals surface area (Å²) in [5, 5.41) is 9.10. The fourth-order valence-corrected chi connectivity index (χ4v) is 5.67. The van der Waals surface area contributed by atoms with Crippen molar-refractivity contribution in [2.75, 3.05) is 0 Å². The second-order valence-electron chi connectivity index (χ2n) is 8.15. The van der Waals surface area contributed by atoms with Crippen LogP contribution < -0.4 is 4.72 Å². The predicted octanol–water partition coefficient (Wildman–Crippen LogP) is 5.93. The maximum Gasteiger partial charge on any atom is 0.416 e. The van der Waals surface area contributed by atoms with E-state index in [0.717, 1.165) is 35.0 Å². The van der Waals surface area contributed by atoms with Gasteiger partial charge in [0.05, 0.1) is 16.5 Å². The molecule has 0 amide bonds. The lowest BCUT2D eigenvalue weighted by Crippen LogP contribution is -2.29. The van der Waals surface area contributed by atoms with Crippen LogP contribution in [0.15, 0.2) is 88.9 Å². The van der Waals surface area contributed by atoms with Crippen molar-refractivity contribution in [3.05, 3.63) is 101 Å². The lowest BCUT2D eigenvalue weighted by Gasteiger charge is -2.17. The number of hydrogen-bond donors (Lipinski definition) is 1. The molecule has 3 aromatic carbocycles. The Balaban J connectivity index is 1.66. The summed E-state index contributed by atoms with van der Waals surface area (Å²) < 4.78 is 69.5. The van der Waals surface area contributed by atoms with Gasteiger partial charge >= 0.3 is 6.18 Å². The maximum atomic E-state index is 13.1. The van der Waals surface area contributed by atoms with Gasteiger partial charge < -0.3 is 0 Å². The lowest BCUT2D eigenvalue weighted by molar-refractivity contribution is -0.137. The Morgan fingerprint density at radius 3 is 2.33 bits per heavy atom. The van der Waals surface area contributed by atoms with Gasteiger partial charge in [-0.15, -0.1) is 10.2 Å². The summed E-state index contributed by atoms with van der Waals surface area (Å²) in [7, 11) is -4.28. The number of thioether (sulfide) groups is 1. The molecule has 0 spiro atoms. The average Bonchev–Trinajstić information content (AvgIpc) is 3.27. The number of nitrogens with one attached hydrogen (secondary N) is 1. The van der Waals surface area contributed by atoms with Crippen LogP contribution in [0.1, 0.15) is 35.5 Å². The SMILES string of the molecule is Cc1ccc(-n2c(SCc3ccccc3)nnc2C(C)NS(=O)(=O)c2cccc(C(F)(F)F)c2)cc1. The van der Waals surface area contributed by atoms with Gasteiger partial charge in [0.25, 0.3) is 0 Å². The number of benzene rings is 3. The molecule has 1 heterocycles. The highest BCUT2D eigenvalue weighted by molar-refractivity contribution is 7.98. The molecule has 1 unspecified atom stereocenters. The molecule has 0 aliphatic heterocycles. The van der Waals surface area contributed by atoms with Crippen LogP contribution in [0, 0.1) is 6.92 Å². The Kier molecular flexibility index (Phi) is 7.53.